The predicted molar refractivity (Wildman–Crippen MR) is 69.7 cm³/mol. The van der Waals surface area contributed by atoms with E-state index in [4.69, 9.17) is 0 Å². The summed E-state index contributed by atoms with van der Waals surface area (Å²) >= 11 is 0. The molecule has 4 nitrogen and oxygen atoms in total. The second-order valence-electron chi connectivity index (χ2n) is 5.00. The van der Waals surface area contributed by atoms with E-state index in [2.05, 4.69) is 6.07 Å². The zero-order valence-corrected chi connectivity index (χ0v) is 14.1. The number of phenolic OH excluding ortho intramolecular Hbond substituents is 1. The molecular formula is C15H14NO3Y-. The first-order chi connectivity index (χ1) is 9.09. The number of aryl methyl sites for hydroxylation is 1. The van der Waals surface area contributed by atoms with Crippen molar-refractivity contribution in [3.8, 4) is 5.75 Å². The van der Waals surface area contributed by atoms with E-state index >= 15 is 0 Å². The molecule has 1 aliphatic heterocycles. The first-order valence-electron chi connectivity index (χ1n) is 6.41. The average molecular weight is 345 g/mol. The van der Waals surface area contributed by atoms with Crippen molar-refractivity contribution in [1.29, 1.82) is 0 Å². The van der Waals surface area contributed by atoms with E-state index in [9.17, 15) is 14.7 Å². The largest absolute Gasteiger partial charge is 0.533 e. The fraction of sp³-hybridized carbons (Fsp3) is 0.333. The van der Waals surface area contributed by atoms with E-state index < -0.39 is 0 Å². The molecule has 1 aromatic carbocycles. The molecule has 0 atom stereocenters. The number of carbonyl (C=O) groups is 2. The van der Waals surface area contributed by atoms with Crippen LogP contribution in [0.4, 0.5) is 5.69 Å². The topological polar surface area (TPSA) is 57.6 Å². The molecule has 3 rings (SSSR count). The fourth-order valence-corrected chi connectivity index (χ4v) is 2.63. The van der Waals surface area contributed by atoms with E-state index in [1.54, 1.807) is 13.0 Å². The smallest absolute Gasteiger partial charge is 0.259 e. The van der Waals surface area contributed by atoms with Gasteiger partial charge in [-0.15, -0.1) is 11.6 Å². The van der Waals surface area contributed by atoms with Crippen LogP contribution in [0, 0.1) is 13.0 Å². The van der Waals surface area contributed by atoms with Gasteiger partial charge in [0.25, 0.3) is 11.8 Å². The van der Waals surface area contributed by atoms with Gasteiger partial charge in [-0.05, 0) is 25.7 Å². The van der Waals surface area contributed by atoms with Gasteiger partial charge in [0.1, 0.15) is 0 Å². The Morgan fingerprint density at radius 2 is 1.70 bits per heavy atom. The second-order valence-corrected chi connectivity index (χ2v) is 5.00. The number of aromatic hydroxyl groups is 1. The van der Waals surface area contributed by atoms with Gasteiger partial charge in [-0.3, -0.25) is 14.5 Å². The molecule has 1 heterocycles. The van der Waals surface area contributed by atoms with Crippen LogP contribution in [0.15, 0.2) is 23.3 Å². The Labute approximate surface area is 142 Å². The van der Waals surface area contributed by atoms with Crippen LogP contribution in [-0.4, -0.2) is 16.9 Å². The number of hydrogen-bond acceptors (Lipinski definition) is 3. The molecule has 1 aromatic rings. The second kappa shape index (κ2) is 5.78. The molecule has 0 fully saturated rings. The van der Waals surface area contributed by atoms with Crippen LogP contribution in [0.3, 0.4) is 0 Å². The van der Waals surface area contributed by atoms with Crippen LogP contribution in [0.25, 0.3) is 0 Å². The van der Waals surface area contributed by atoms with Crippen LogP contribution in [-0.2, 0) is 42.3 Å². The van der Waals surface area contributed by atoms with Crippen LogP contribution >= 0.6 is 0 Å². The van der Waals surface area contributed by atoms with Crippen molar-refractivity contribution >= 4 is 17.5 Å². The summed E-state index contributed by atoms with van der Waals surface area (Å²) in [5, 5.41) is 9.71. The molecule has 1 aliphatic carbocycles. The quantitative estimate of drug-likeness (QED) is 0.627. The Bertz CT molecular complexity index is 594. The van der Waals surface area contributed by atoms with Gasteiger partial charge in [0.15, 0.2) is 0 Å². The van der Waals surface area contributed by atoms with Gasteiger partial charge in [-0.25, -0.2) is 0 Å². The third kappa shape index (κ3) is 2.35. The minimum Gasteiger partial charge on any atom is -0.533 e. The number of benzene rings is 1. The summed E-state index contributed by atoms with van der Waals surface area (Å²) in [5.74, 6) is -0.433. The van der Waals surface area contributed by atoms with Gasteiger partial charge in [-0.2, -0.15) is 12.1 Å². The van der Waals surface area contributed by atoms with Crippen molar-refractivity contribution in [3.63, 3.8) is 0 Å². The van der Waals surface area contributed by atoms with Crippen LogP contribution < -0.4 is 4.90 Å². The third-order valence-electron chi connectivity index (χ3n) is 3.75. The van der Waals surface area contributed by atoms with Gasteiger partial charge in [0.05, 0.1) is 0 Å². The van der Waals surface area contributed by atoms with Crippen molar-refractivity contribution in [3.05, 3.63) is 34.9 Å². The van der Waals surface area contributed by atoms with Gasteiger partial charge in [0.2, 0.25) is 0 Å². The molecule has 101 valence electrons. The molecule has 0 bridgehead atoms. The molecule has 0 aromatic heterocycles. The van der Waals surface area contributed by atoms with Crippen LogP contribution in [0.1, 0.15) is 31.2 Å². The summed E-state index contributed by atoms with van der Waals surface area (Å²) < 4.78 is 0. The number of hydrogen-bond donors (Lipinski definition) is 1. The monoisotopic (exact) mass is 345 g/mol. The molecule has 2 aliphatic rings. The molecule has 5 heteroatoms. The molecule has 2 amide bonds. The Morgan fingerprint density at radius 3 is 2.20 bits per heavy atom. The zero-order chi connectivity index (χ0) is 13.6. The number of rotatable bonds is 1. The van der Waals surface area contributed by atoms with Crippen LogP contribution in [0.5, 0.6) is 5.75 Å². The standard InChI is InChI=1S/C15H14NO3.Y/c1-9-6-7-10(8-13(9)17)16-14(18)11-4-2-3-5-12(11)15(16)19;/h6,8,17H,2-5H2,1H3;/q-1;. The van der Waals surface area contributed by atoms with Gasteiger partial charge < -0.3 is 5.11 Å². The van der Waals surface area contributed by atoms with E-state index in [-0.39, 0.29) is 50.3 Å². The van der Waals surface area contributed by atoms with Crippen molar-refractivity contribution in [1.82, 2.24) is 0 Å². The molecule has 1 radical (unpaired) electrons. The SMILES string of the molecule is Cc1c[c-]c(N2C(=O)C3=C(CCCC3)C2=O)cc1O.[Y]. The van der Waals surface area contributed by atoms with E-state index in [0.717, 1.165) is 17.7 Å². The first kappa shape index (κ1) is 15.4. The van der Waals surface area contributed by atoms with Gasteiger partial charge >= 0.3 is 0 Å². The molecule has 20 heavy (non-hydrogen) atoms. The molecule has 0 unspecified atom stereocenters. The van der Waals surface area contributed by atoms with Gasteiger partial charge in [-0.1, -0.05) is 12.6 Å². The van der Waals surface area contributed by atoms with Crippen molar-refractivity contribution < 1.29 is 47.4 Å². The molecule has 0 spiro atoms. The molecular weight excluding hydrogens is 331 g/mol. The summed E-state index contributed by atoms with van der Waals surface area (Å²) in [6.07, 6.45) is 3.26. The van der Waals surface area contributed by atoms with E-state index in [0.29, 0.717) is 35.2 Å². The maximum Gasteiger partial charge on any atom is 0.259 e. The third-order valence-corrected chi connectivity index (χ3v) is 3.75. The van der Waals surface area contributed by atoms with E-state index in [1.165, 1.54) is 6.07 Å². The maximum atomic E-state index is 12.3. The number of phenols is 1. The maximum absolute atomic E-state index is 12.3. The molecule has 0 saturated carbocycles. The Morgan fingerprint density at radius 1 is 1.15 bits per heavy atom. The van der Waals surface area contributed by atoms with Crippen molar-refractivity contribution in [2.24, 2.45) is 0 Å². The summed E-state index contributed by atoms with van der Waals surface area (Å²) in [5.41, 5.74) is 2.28. The predicted octanol–water partition coefficient (Wildman–Crippen LogP) is 2.24. The van der Waals surface area contributed by atoms with Gasteiger partial charge in [0, 0.05) is 49.6 Å². The summed E-state index contributed by atoms with van der Waals surface area (Å²) in [7, 11) is 0. The average Bonchev–Trinajstić information content (AvgIpc) is 2.66. The number of amides is 2. The first-order valence-corrected chi connectivity index (χ1v) is 6.41. The van der Waals surface area contributed by atoms with E-state index in [1.807, 2.05) is 0 Å². The fourth-order valence-electron chi connectivity index (χ4n) is 2.63. The Kier molecular flexibility index (Phi) is 4.45. The zero-order valence-electron chi connectivity index (χ0n) is 11.3. The molecule has 0 saturated heterocycles. The number of carbonyl (C=O) groups excluding carboxylic acids is 2. The van der Waals surface area contributed by atoms with Crippen LogP contribution in [0.2, 0.25) is 0 Å². The minimum absolute atomic E-state index is 0. The Hall–Kier alpha value is -0.996. The summed E-state index contributed by atoms with van der Waals surface area (Å²) in [4.78, 5) is 25.7. The van der Waals surface area contributed by atoms with Crippen molar-refractivity contribution in [2.75, 3.05) is 4.90 Å². The summed E-state index contributed by atoms with van der Waals surface area (Å²) in [6, 6.07) is 5.89. The van der Waals surface area contributed by atoms with Crippen molar-refractivity contribution in [2.45, 2.75) is 32.6 Å². The molecule has 1 N–H and O–H groups in total. The Balaban J connectivity index is 0.00000147. The summed E-state index contributed by atoms with van der Waals surface area (Å²) in [6.45, 7) is 1.74. The minimum atomic E-state index is -0.251. The normalized spacial score (nSPS) is 18.1. The number of imide groups is 1. The number of anilines is 1. The number of nitrogens with zero attached hydrogens (tertiary/aromatic N) is 1.